The Morgan fingerprint density at radius 1 is 1.03 bits per heavy atom. The van der Waals surface area contributed by atoms with Crippen molar-refractivity contribution in [1.29, 1.82) is 0 Å². The molecule has 0 saturated heterocycles. The van der Waals surface area contributed by atoms with Crippen molar-refractivity contribution in [2.75, 3.05) is 5.32 Å². The first-order valence-electron chi connectivity index (χ1n) is 9.70. The van der Waals surface area contributed by atoms with Crippen molar-refractivity contribution < 1.29 is 4.79 Å². The Bertz CT molecular complexity index is 1430. The number of hydrogen-bond donors (Lipinski definition) is 1. The highest BCUT2D eigenvalue weighted by Crippen LogP contribution is 2.17. The van der Waals surface area contributed by atoms with Gasteiger partial charge >= 0.3 is 5.69 Å². The van der Waals surface area contributed by atoms with Crippen LogP contribution in [0, 0.1) is 13.8 Å². The number of aryl methyl sites for hydroxylation is 3. The molecule has 0 fully saturated rings. The largest absolute Gasteiger partial charge is 0.342 e. The van der Waals surface area contributed by atoms with Crippen molar-refractivity contribution >= 4 is 34.2 Å². The fraction of sp³-hybridized carbons (Fsp3) is 0.174. The number of carbonyl (C=O) groups is 1. The van der Waals surface area contributed by atoms with Crippen LogP contribution in [0.25, 0.3) is 16.7 Å². The van der Waals surface area contributed by atoms with E-state index in [2.05, 4.69) is 5.32 Å². The third kappa shape index (κ3) is 3.80. The van der Waals surface area contributed by atoms with Gasteiger partial charge in [-0.25, -0.2) is 9.36 Å². The molecule has 0 aliphatic rings. The lowest BCUT2D eigenvalue weighted by atomic mass is 10.2. The molecule has 1 amide bonds. The Balaban J connectivity index is 1.87. The summed E-state index contributed by atoms with van der Waals surface area (Å²) in [6, 6.07) is 15.6. The van der Waals surface area contributed by atoms with Crippen molar-refractivity contribution in [3.05, 3.63) is 91.7 Å². The van der Waals surface area contributed by atoms with Gasteiger partial charge in [0.1, 0.15) is 12.1 Å². The molecule has 0 bridgehead atoms. The van der Waals surface area contributed by atoms with Gasteiger partial charge in [0, 0.05) is 23.5 Å². The number of amides is 1. The predicted octanol–water partition coefficient (Wildman–Crippen LogP) is 3.40. The summed E-state index contributed by atoms with van der Waals surface area (Å²) in [5.74, 6) is -0.402. The Morgan fingerprint density at radius 2 is 1.74 bits per heavy atom. The molecular weight excluding hydrogens is 416 g/mol. The summed E-state index contributed by atoms with van der Waals surface area (Å²) < 4.78 is 4.16. The van der Waals surface area contributed by atoms with Crippen LogP contribution >= 0.6 is 11.6 Å². The first-order chi connectivity index (χ1) is 14.8. The molecule has 0 atom stereocenters. The molecule has 2 aromatic carbocycles. The van der Waals surface area contributed by atoms with E-state index >= 15 is 0 Å². The molecule has 4 aromatic rings. The standard InChI is InChI=1S/C23H21ClN4O3/c1-14-7-9-18(10-8-14)28-22(30)21-19(11-15(2)26(21)3)27(23(28)31)13-20(29)25-17-6-4-5-16(24)12-17/h4-12H,13H2,1-3H3,(H,25,29). The zero-order chi connectivity index (χ0) is 22.3. The zero-order valence-corrected chi connectivity index (χ0v) is 18.1. The number of nitrogens with zero attached hydrogens (tertiary/aromatic N) is 3. The average Bonchev–Trinajstić information content (AvgIpc) is 3.01. The lowest BCUT2D eigenvalue weighted by Crippen LogP contribution is -2.41. The number of hydrogen-bond acceptors (Lipinski definition) is 3. The van der Waals surface area contributed by atoms with Crippen molar-refractivity contribution in [3.63, 3.8) is 0 Å². The quantitative estimate of drug-likeness (QED) is 0.532. The minimum atomic E-state index is -0.576. The van der Waals surface area contributed by atoms with Crippen molar-refractivity contribution in [2.24, 2.45) is 7.05 Å². The van der Waals surface area contributed by atoms with E-state index in [0.29, 0.717) is 27.4 Å². The molecular formula is C23H21ClN4O3. The molecule has 1 N–H and O–H groups in total. The summed E-state index contributed by atoms with van der Waals surface area (Å²) in [6.07, 6.45) is 0. The van der Waals surface area contributed by atoms with Crippen LogP contribution in [0.2, 0.25) is 5.02 Å². The molecule has 31 heavy (non-hydrogen) atoms. The average molecular weight is 437 g/mol. The fourth-order valence-electron chi connectivity index (χ4n) is 3.57. The van der Waals surface area contributed by atoms with E-state index in [1.807, 2.05) is 26.0 Å². The molecule has 2 aromatic heterocycles. The minimum absolute atomic E-state index is 0.253. The van der Waals surface area contributed by atoms with Crippen LogP contribution in [0.1, 0.15) is 11.3 Å². The number of halogens is 1. The Labute approximate surface area is 183 Å². The van der Waals surface area contributed by atoms with Crippen LogP contribution in [0.3, 0.4) is 0 Å². The van der Waals surface area contributed by atoms with Gasteiger partial charge in [0.05, 0.1) is 11.2 Å². The number of carbonyl (C=O) groups excluding carboxylic acids is 1. The number of rotatable bonds is 4. The van der Waals surface area contributed by atoms with Crippen molar-refractivity contribution in [3.8, 4) is 5.69 Å². The topological polar surface area (TPSA) is 78.0 Å². The summed E-state index contributed by atoms with van der Waals surface area (Å²) in [4.78, 5) is 39.4. The number of fused-ring (bicyclic) bond motifs is 1. The highest BCUT2D eigenvalue weighted by atomic mass is 35.5. The van der Waals surface area contributed by atoms with Gasteiger partial charge in [-0.15, -0.1) is 0 Å². The lowest BCUT2D eigenvalue weighted by Gasteiger charge is -2.13. The third-order valence-electron chi connectivity index (χ3n) is 5.27. The zero-order valence-electron chi connectivity index (χ0n) is 17.3. The molecule has 2 heterocycles. The maximum Gasteiger partial charge on any atom is 0.336 e. The van der Waals surface area contributed by atoms with Crippen molar-refractivity contribution in [1.82, 2.24) is 13.7 Å². The second kappa shape index (κ2) is 7.92. The molecule has 7 nitrogen and oxygen atoms in total. The summed E-state index contributed by atoms with van der Waals surface area (Å²) in [7, 11) is 1.76. The van der Waals surface area contributed by atoms with Crippen LogP contribution in [-0.4, -0.2) is 19.6 Å². The van der Waals surface area contributed by atoms with E-state index in [0.717, 1.165) is 15.8 Å². The second-order valence-corrected chi connectivity index (χ2v) is 7.92. The van der Waals surface area contributed by atoms with Crippen molar-refractivity contribution in [2.45, 2.75) is 20.4 Å². The first-order valence-corrected chi connectivity index (χ1v) is 10.1. The van der Waals surface area contributed by atoms with Gasteiger partial charge < -0.3 is 9.88 Å². The summed E-state index contributed by atoms with van der Waals surface area (Å²) >= 11 is 5.98. The Morgan fingerprint density at radius 3 is 2.42 bits per heavy atom. The van der Waals surface area contributed by atoms with Crippen LogP contribution in [0.5, 0.6) is 0 Å². The van der Waals surface area contributed by atoms with Gasteiger partial charge in [0.15, 0.2) is 0 Å². The van der Waals surface area contributed by atoms with E-state index in [9.17, 15) is 14.4 Å². The minimum Gasteiger partial charge on any atom is -0.342 e. The smallest absolute Gasteiger partial charge is 0.336 e. The maximum absolute atomic E-state index is 13.4. The highest BCUT2D eigenvalue weighted by Gasteiger charge is 2.20. The normalized spacial score (nSPS) is 11.1. The van der Waals surface area contributed by atoms with Gasteiger partial charge in [-0.3, -0.25) is 14.2 Å². The van der Waals surface area contributed by atoms with Gasteiger partial charge in [-0.1, -0.05) is 35.4 Å². The van der Waals surface area contributed by atoms with Crippen LogP contribution in [0.4, 0.5) is 5.69 Å². The summed E-state index contributed by atoms with van der Waals surface area (Å²) in [5.41, 5.74) is 2.56. The van der Waals surface area contributed by atoms with Gasteiger partial charge in [-0.05, 0) is 50.2 Å². The molecule has 0 unspecified atom stereocenters. The van der Waals surface area contributed by atoms with Gasteiger partial charge in [0.2, 0.25) is 5.91 Å². The Hall–Kier alpha value is -3.58. The molecule has 0 saturated carbocycles. The summed E-state index contributed by atoms with van der Waals surface area (Å²) in [5, 5.41) is 3.24. The Kier molecular flexibility index (Phi) is 5.29. The highest BCUT2D eigenvalue weighted by molar-refractivity contribution is 6.30. The number of aromatic nitrogens is 3. The number of anilines is 1. The first kappa shape index (κ1) is 20.7. The second-order valence-electron chi connectivity index (χ2n) is 7.48. The predicted molar refractivity (Wildman–Crippen MR) is 122 cm³/mol. The monoisotopic (exact) mass is 436 g/mol. The molecule has 4 rings (SSSR count). The van der Waals surface area contributed by atoms with Gasteiger partial charge in [0.25, 0.3) is 5.56 Å². The fourth-order valence-corrected chi connectivity index (χ4v) is 3.76. The lowest BCUT2D eigenvalue weighted by molar-refractivity contribution is -0.116. The number of benzene rings is 2. The molecule has 0 aliphatic heterocycles. The number of nitrogens with one attached hydrogen (secondary N) is 1. The van der Waals surface area contributed by atoms with Crippen LogP contribution < -0.4 is 16.6 Å². The van der Waals surface area contributed by atoms with Crippen LogP contribution in [-0.2, 0) is 18.4 Å². The summed E-state index contributed by atoms with van der Waals surface area (Å²) in [6.45, 7) is 3.52. The SMILES string of the molecule is Cc1ccc(-n2c(=O)c3c(cc(C)n3C)n(CC(=O)Nc3cccc(Cl)c3)c2=O)cc1. The van der Waals surface area contributed by atoms with Gasteiger partial charge in [-0.2, -0.15) is 0 Å². The maximum atomic E-state index is 13.4. The van der Waals surface area contributed by atoms with E-state index in [1.165, 1.54) is 4.57 Å². The molecule has 0 spiro atoms. The molecule has 0 radical (unpaired) electrons. The van der Waals surface area contributed by atoms with E-state index in [4.69, 9.17) is 11.6 Å². The molecule has 158 valence electrons. The van der Waals surface area contributed by atoms with E-state index < -0.39 is 17.2 Å². The molecule has 8 heteroatoms. The van der Waals surface area contributed by atoms with E-state index in [1.54, 1.807) is 54.1 Å². The van der Waals surface area contributed by atoms with E-state index in [-0.39, 0.29) is 6.54 Å². The molecule has 0 aliphatic carbocycles. The van der Waals surface area contributed by atoms with Crippen LogP contribution in [0.15, 0.2) is 64.2 Å². The third-order valence-corrected chi connectivity index (χ3v) is 5.51.